The van der Waals surface area contributed by atoms with Crippen molar-refractivity contribution in [1.29, 1.82) is 0 Å². The number of aliphatic hydroxyl groups is 1. The highest BCUT2D eigenvalue weighted by Gasteiger charge is 2.18. The highest BCUT2D eigenvalue weighted by atomic mass is 19.1. The van der Waals surface area contributed by atoms with Gasteiger partial charge in [-0.1, -0.05) is 13.0 Å². The molecular weight excluding hydrogens is 263 g/mol. The topological polar surface area (TPSA) is 78.4 Å². The molecule has 1 atom stereocenters. The molecule has 110 valence electrons. The molecule has 0 heterocycles. The van der Waals surface area contributed by atoms with Crippen LogP contribution in [0.2, 0.25) is 0 Å². The zero-order valence-electron chi connectivity index (χ0n) is 11.6. The van der Waals surface area contributed by atoms with Crippen LogP contribution >= 0.6 is 0 Å². The molecular formula is C14H19FN2O3. The Morgan fingerprint density at radius 1 is 1.35 bits per heavy atom. The van der Waals surface area contributed by atoms with E-state index in [1.54, 1.807) is 13.0 Å². The summed E-state index contributed by atoms with van der Waals surface area (Å²) in [5, 5.41) is 13.5. The van der Waals surface area contributed by atoms with Gasteiger partial charge in [0.1, 0.15) is 5.82 Å². The Bertz CT molecular complexity index is 491. The summed E-state index contributed by atoms with van der Waals surface area (Å²) in [4.78, 5) is 23.3. The van der Waals surface area contributed by atoms with Crippen LogP contribution in [0.4, 0.5) is 10.1 Å². The average molecular weight is 282 g/mol. The van der Waals surface area contributed by atoms with Gasteiger partial charge in [0.15, 0.2) is 0 Å². The number of aryl methyl sites for hydroxylation is 1. The first-order valence-electron chi connectivity index (χ1n) is 6.46. The van der Waals surface area contributed by atoms with Crippen molar-refractivity contribution in [1.82, 2.24) is 5.32 Å². The second kappa shape index (κ2) is 7.59. The first-order valence-corrected chi connectivity index (χ1v) is 6.46. The lowest BCUT2D eigenvalue weighted by molar-refractivity contribution is -0.136. The predicted octanol–water partition coefficient (Wildman–Crippen LogP) is 1.35. The maximum Gasteiger partial charge on any atom is 0.313 e. The minimum Gasteiger partial charge on any atom is -0.396 e. The third-order valence-electron chi connectivity index (χ3n) is 2.88. The first kappa shape index (κ1) is 16.1. The van der Waals surface area contributed by atoms with Gasteiger partial charge in [-0.05, 0) is 37.5 Å². The number of benzene rings is 1. The molecule has 1 rings (SSSR count). The zero-order chi connectivity index (χ0) is 15.1. The number of rotatable bonds is 5. The molecule has 0 saturated carbocycles. The molecule has 1 aromatic rings. The highest BCUT2D eigenvalue weighted by Crippen LogP contribution is 2.15. The lowest BCUT2D eigenvalue weighted by atomic mass is 10.1. The predicted molar refractivity (Wildman–Crippen MR) is 73.7 cm³/mol. The molecule has 0 aliphatic rings. The molecule has 0 spiro atoms. The van der Waals surface area contributed by atoms with Gasteiger partial charge in [-0.3, -0.25) is 9.59 Å². The van der Waals surface area contributed by atoms with Crippen molar-refractivity contribution < 1.29 is 19.1 Å². The maximum atomic E-state index is 13.5. The van der Waals surface area contributed by atoms with Crippen LogP contribution in [0.5, 0.6) is 0 Å². The molecule has 0 aliphatic heterocycles. The molecule has 20 heavy (non-hydrogen) atoms. The smallest absolute Gasteiger partial charge is 0.313 e. The van der Waals surface area contributed by atoms with Gasteiger partial charge >= 0.3 is 11.8 Å². The van der Waals surface area contributed by atoms with E-state index < -0.39 is 17.6 Å². The normalized spacial score (nSPS) is 11.8. The van der Waals surface area contributed by atoms with Gasteiger partial charge in [0, 0.05) is 12.6 Å². The Labute approximate surface area is 117 Å². The molecule has 1 aromatic carbocycles. The lowest BCUT2D eigenvalue weighted by Crippen LogP contribution is -2.42. The van der Waals surface area contributed by atoms with Crippen LogP contribution < -0.4 is 10.6 Å². The van der Waals surface area contributed by atoms with Crippen LogP contribution in [-0.2, 0) is 9.59 Å². The van der Waals surface area contributed by atoms with Crippen LogP contribution in [0, 0.1) is 12.7 Å². The zero-order valence-corrected chi connectivity index (χ0v) is 11.6. The maximum absolute atomic E-state index is 13.5. The minimum absolute atomic E-state index is 0.0362. The standard InChI is InChI=1S/C14H19FN2O3/c1-3-10(6-7-18)16-13(19)14(20)17-12-5-4-9(2)8-11(12)15/h4-5,8,10,18H,3,6-7H2,1-2H3,(H,16,19)(H,17,20). The summed E-state index contributed by atoms with van der Waals surface area (Å²) in [6, 6.07) is 4.03. The number of carbonyl (C=O) groups excluding carboxylic acids is 2. The van der Waals surface area contributed by atoms with Gasteiger partial charge < -0.3 is 15.7 Å². The molecule has 3 N–H and O–H groups in total. The number of carbonyl (C=O) groups is 2. The second-order valence-corrected chi connectivity index (χ2v) is 4.53. The van der Waals surface area contributed by atoms with Crippen molar-refractivity contribution in [3.63, 3.8) is 0 Å². The molecule has 0 fully saturated rings. The van der Waals surface area contributed by atoms with Gasteiger partial charge in [0.25, 0.3) is 0 Å². The molecule has 2 amide bonds. The molecule has 1 unspecified atom stereocenters. The van der Waals surface area contributed by atoms with Crippen LogP contribution in [0.1, 0.15) is 25.3 Å². The Balaban J connectivity index is 2.63. The summed E-state index contributed by atoms with van der Waals surface area (Å²) in [5.74, 6) is -2.36. The highest BCUT2D eigenvalue weighted by molar-refractivity contribution is 6.39. The van der Waals surface area contributed by atoms with Crippen molar-refractivity contribution in [3.05, 3.63) is 29.6 Å². The van der Waals surface area contributed by atoms with Crippen LogP contribution in [0.3, 0.4) is 0 Å². The van der Waals surface area contributed by atoms with Crippen LogP contribution in [0.25, 0.3) is 0 Å². The SMILES string of the molecule is CCC(CCO)NC(=O)C(=O)Nc1ccc(C)cc1F. The molecule has 0 saturated heterocycles. The number of halogens is 1. The van der Waals surface area contributed by atoms with E-state index in [0.29, 0.717) is 12.8 Å². The number of hydrogen-bond acceptors (Lipinski definition) is 3. The van der Waals surface area contributed by atoms with Crippen LogP contribution in [-0.4, -0.2) is 29.6 Å². The number of amides is 2. The fourth-order valence-electron chi connectivity index (χ4n) is 1.69. The quantitative estimate of drug-likeness (QED) is 0.713. The van der Waals surface area contributed by atoms with E-state index in [1.807, 2.05) is 6.92 Å². The van der Waals surface area contributed by atoms with E-state index in [-0.39, 0.29) is 18.3 Å². The van der Waals surface area contributed by atoms with E-state index in [2.05, 4.69) is 10.6 Å². The Kier molecular flexibility index (Phi) is 6.11. The summed E-state index contributed by atoms with van der Waals surface area (Å²) in [6.07, 6.45) is 0.965. The summed E-state index contributed by atoms with van der Waals surface area (Å²) in [6.45, 7) is 3.48. The van der Waals surface area contributed by atoms with Gasteiger partial charge in [-0.15, -0.1) is 0 Å². The van der Waals surface area contributed by atoms with E-state index >= 15 is 0 Å². The molecule has 0 aliphatic carbocycles. The van der Waals surface area contributed by atoms with Gasteiger partial charge in [0.05, 0.1) is 5.69 Å². The molecule has 0 bridgehead atoms. The van der Waals surface area contributed by atoms with Crippen molar-refractivity contribution in [2.45, 2.75) is 32.7 Å². The largest absolute Gasteiger partial charge is 0.396 e. The summed E-state index contributed by atoms with van der Waals surface area (Å²) in [7, 11) is 0. The fraction of sp³-hybridized carbons (Fsp3) is 0.429. The first-order chi connectivity index (χ1) is 9.47. The van der Waals surface area contributed by atoms with E-state index in [4.69, 9.17) is 5.11 Å². The monoisotopic (exact) mass is 282 g/mol. The summed E-state index contributed by atoms with van der Waals surface area (Å²) in [5.41, 5.74) is 0.685. The summed E-state index contributed by atoms with van der Waals surface area (Å²) >= 11 is 0. The lowest BCUT2D eigenvalue weighted by Gasteiger charge is -2.15. The Morgan fingerprint density at radius 3 is 2.60 bits per heavy atom. The number of aliphatic hydroxyl groups excluding tert-OH is 1. The average Bonchev–Trinajstić information content (AvgIpc) is 2.41. The van der Waals surface area contributed by atoms with Crippen molar-refractivity contribution in [3.8, 4) is 0 Å². The number of hydrogen-bond donors (Lipinski definition) is 3. The molecule has 0 aromatic heterocycles. The van der Waals surface area contributed by atoms with E-state index in [1.165, 1.54) is 12.1 Å². The van der Waals surface area contributed by atoms with Crippen molar-refractivity contribution >= 4 is 17.5 Å². The Hall–Kier alpha value is -1.95. The second-order valence-electron chi connectivity index (χ2n) is 4.53. The molecule has 5 nitrogen and oxygen atoms in total. The van der Waals surface area contributed by atoms with Gasteiger partial charge in [-0.25, -0.2) is 4.39 Å². The third kappa shape index (κ3) is 4.62. The van der Waals surface area contributed by atoms with Crippen LogP contribution in [0.15, 0.2) is 18.2 Å². The van der Waals surface area contributed by atoms with Gasteiger partial charge in [-0.2, -0.15) is 0 Å². The minimum atomic E-state index is -0.927. The van der Waals surface area contributed by atoms with E-state index in [9.17, 15) is 14.0 Å². The fourth-order valence-corrected chi connectivity index (χ4v) is 1.69. The molecule has 0 radical (unpaired) electrons. The third-order valence-corrected chi connectivity index (χ3v) is 2.88. The number of anilines is 1. The molecule has 6 heteroatoms. The Morgan fingerprint density at radius 2 is 2.05 bits per heavy atom. The van der Waals surface area contributed by atoms with Crippen molar-refractivity contribution in [2.75, 3.05) is 11.9 Å². The summed E-state index contributed by atoms with van der Waals surface area (Å²) < 4.78 is 13.5. The van der Waals surface area contributed by atoms with Crippen molar-refractivity contribution in [2.24, 2.45) is 0 Å². The van der Waals surface area contributed by atoms with E-state index in [0.717, 1.165) is 5.56 Å². The van der Waals surface area contributed by atoms with Gasteiger partial charge in [0.2, 0.25) is 0 Å². The number of nitrogens with one attached hydrogen (secondary N) is 2.